The topological polar surface area (TPSA) is 149 Å². The number of hydrogen-bond donors (Lipinski definition) is 3. The fraction of sp³-hybridized carbons (Fsp3) is 0. The molecule has 0 amide bonds. The Morgan fingerprint density at radius 3 is 1.16 bits per heavy atom. The fourth-order valence-corrected chi connectivity index (χ4v) is 7.08. The van der Waals surface area contributed by atoms with Crippen molar-refractivity contribution >= 4 is 88.1 Å². The number of aromatic amines is 1. The van der Waals surface area contributed by atoms with E-state index in [4.69, 9.17) is 0 Å². The first-order valence-electron chi connectivity index (χ1n) is 16.0. The number of aliphatic imine (C=N–C) groups is 2. The van der Waals surface area contributed by atoms with Crippen LogP contribution in [-0.4, -0.2) is 27.0 Å². The number of fused-ring (bicyclic) bond motifs is 9. The molecule has 0 aliphatic heterocycles. The van der Waals surface area contributed by atoms with Crippen LogP contribution in [0.4, 0.5) is 11.4 Å². The van der Waals surface area contributed by atoms with Gasteiger partial charge in [0.15, 0.2) is 21.7 Å². The average molecular weight is 666 g/mol. The van der Waals surface area contributed by atoms with Gasteiger partial charge in [0, 0.05) is 43.4 Å². The molecule has 8 aromatic carbocycles. The first-order valence-corrected chi connectivity index (χ1v) is 16.0. The Morgan fingerprint density at radius 2 is 0.745 bits per heavy atom. The average Bonchev–Trinajstić information content (AvgIpc) is 3.55. The lowest BCUT2D eigenvalue weighted by Gasteiger charge is -2.06. The molecule has 0 aliphatic rings. The molecule has 51 heavy (non-hydrogen) atoms. The molecule has 0 unspecified atom stereocenters. The molecule has 9 heteroatoms. The fourth-order valence-electron chi connectivity index (χ4n) is 7.08. The standard InChI is InChI=1S/C42H23N3O6/c46-37-27-19-17-23-24-18-20-28-34(40(49)26-14-8-16-30(32(26)38(28)47)44-42(51)22-11-5-2-6-12-22)36(24)45-35(23)33(27)39(48)25-13-7-15-29(31(25)37)43-41(50)21-9-3-1-4-10-21/h1-20,45H,(H,43,50)(H,44,51). The SMILES string of the molecule is O=c1c2ccc3c4ccc5c(=O)c6c(N=C(O)c7ccccc7)cccc6c(=O)c5c4[nH]c3c2c(=O)c2cccc(N=C(O)c3ccccc3)c12. The molecule has 9 nitrogen and oxygen atoms in total. The number of aliphatic hydroxyl groups excluding tert-OH is 2. The first kappa shape index (κ1) is 29.8. The van der Waals surface area contributed by atoms with Gasteiger partial charge < -0.3 is 15.2 Å². The summed E-state index contributed by atoms with van der Waals surface area (Å²) in [6.07, 6.45) is 0. The van der Waals surface area contributed by atoms with Crippen LogP contribution in [0.1, 0.15) is 11.1 Å². The lowest BCUT2D eigenvalue weighted by molar-refractivity contribution is 0.554. The molecule has 9 aromatic rings. The van der Waals surface area contributed by atoms with Crippen molar-refractivity contribution in [3.05, 3.63) is 173 Å². The van der Waals surface area contributed by atoms with Crippen LogP contribution in [0.25, 0.3) is 64.9 Å². The summed E-state index contributed by atoms with van der Waals surface area (Å²) in [4.78, 5) is 68.5. The lowest BCUT2D eigenvalue weighted by atomic mass is 9.97. The van der Waals surface area contributed by atoms with E-state index >= 15 is 0 Å². The van der Waals surface area contributed by atoms with Crippen molar-refractivity contribution in [3.8, 4) is 0 Å². The molecule has 0 aliphatic carbocycles. The van der Waals surface area contributed by atoms with E-state index in [-0.39, 0.29) is 66.3 Å². The molecule has 0 spiro atoms. The van der Waals surface area contributed by atoms with Gasteiger partial charge in [0.2, 0.25) is 11.8 Å². The number of hydrogen-bond acceptors (Lipinski definition) is 6. The highest BCUT2D eigenvalue weighted by atomic mass is 16.3. The minimum Gasteiger partial charge on any atom is -0.493 e. The maximum Gasteiger partial charge on any atom is 0.218 e. The van der Waals surface area contributed by atoms with Gasteiger partial charge in [-0.05, 0) is 48.5 Å². The third-order valence-electron chi connectivity index (χ3n) is 9.44. The number of H-pyrrole nitrogens is 1. The largest absolute Gasteiger partial charge is 0.493 e. The molecule has 242 valence electrons. The van der Waals surface area contributed by atoms with E-state index in [2.05, 4.69) is 15.0 Å². The summed E-state index contributed by atoms with van der Waals surface area (Å²) in [5, 5.41) is 23.7. The van der Waals surface area contributed by atoms with Crippen LogP contribution in [0, 0.1) is 0 Å². The van der Waals surface area contributed by atoms with Gasteiger partial charge in [-0.3, -0.25) is 19.2 Å². The van der Waals surface area contributed by atoms with Crippen LogP contribution >= 0.6 is 0 Å². The number of nitrogens with zero attached hydrogens (tertiary/aromatic N) is 2. The number of benzene rings is 8. The molecule has 3 N–H and O–H groups in total. The Balaban J connectivity index is 1.31. The van der Waals surface area contributed by atoms with Gasteiger partial charge in [-0.2, -0.15) is 0 Å². The van der Waals surface area contributed by atoms with E-state index in [1.165, 1.54) is 0 Å². The maximum atomic E-state index is 14.2. The summed E-state index contributed by atoms with van der Waals surface area (Å²) in [6.45, 7) is 0. The Labute approximate surface area is 286 Å². The lowest BCUT2D eigenvalue weighted by Crippen LogP contribution is -2.14. The maximum absolute atomic E-state index is 14.2. The molecule has 1 heterocycles. The van der Waals surface area contributed by atoms with Crippen LogP contribution < -0.4 is 21.7 Å². The highest BCUT2D eigenvalue weighted by Crippen LogP contribution is 2.35. The summed E-state index contributed by atoms with van der Waals surface area (Å²) >= 11 is 0. The highest BCUT2D eigenvalue weighted by molar-refractivity contribution is 6.24. The summed E-state index contributed by atoms with van der Waals surface area (Å²) in [7, 11) is 0. The second-order valence-corrected chi connectivity index (χ2v) is 12.3. The van der Waals surface area contributed by atoms with E-state index in [1.54, 1.807) is 121 Å². The number of aromatic nitrogens is 1. The van der Waals surface area contributed by atoms with Gasteiger partial charge in [0.25, 0.3) is 0 Å². The number of aliphatic hydroxyl groups is 2. The van der Waals surface area contributed by atoms with Crippen molar-refractivity contribution < 1.29 is 10.2 Å². The zero-order valence-corrected chi connectivity index (χ0v) is 26.5. The molecular weight excluding hydrogens is 642 g/mol. The summed E-state index contributed by atoms with van der Waals surface area (Å²) in [5.41, 5.74) is 0.238. The predicted octanol–water partition coefficient (Wildman–Crippen LogP) is 7.52. The minimum absolute atomic E-state index is 0.0828. The monoisotopic (exact) mass is 665 g/mol. The molecule has 0 saturated carbocycles. The zero-order valence-electron chi connectivity index (χ0n) is 26.5. The van der Waals surface area contributed by atoms with Gasteiger partial charge >= 0.3 is 0 Å². The predicted molar refractivity (Wildman–Crippen MR) is 204 cm³/mol. The molecule has 0 fully saturated rings. The van der Waals surface area contributed by atoms with Gasteiger partial charge in [-0.15, -0.1) is 0 Å². The molecule has 0 atom stereocenters. The van der Waals surface area contributed by atoms with Crippen molar-refractivity contribution in [1.29, 1.82) is 0 Å². The summed E-state index contributed by atoms with van der Waals surface area (Å²) in [6, 6.07) is 33.4. The van der Waals surface area contributed by atoms with Crippen LogP contribution in [0.5, 0.6) is 0 Å². The van der Waals surface area contributed by atoms with Crippen LogP contribution in [0.15, 0.2) is 150 Å². The molecule has 9 rings (SSSR count). The van der Waals surface area contributed by atoms with E-state index < -0.39 is 21.7 Å². The van der Waals surface area contributed by atoms with E-state index in [0.29, 0.717) is 32.9 Å². The van der Waals surface area contributed by atoms with E-state index in [0.717, 1.165) is 0 Å². The highest BCUT2D eigenvalue weighted by Gasteiger charge is 2.22. The summed E-state index contributed by atoms with van der Waals surface area (Å²) in [5.74, 6) is -0.586. The summed E-state index contributed by atoms with van der Waals surface area (Å²) < 4.78 is 0. The Hall–Kier alpha value is -7.26. The van der Waals surface area contributed by atoms with Crippen molar-refractivity contribution in [2.75, 3.05) is 0 Å². The molecule has 1 aromatic heterocycles. The van der Waals surface area contributed by atoms with Crippen LogP contribution in [0.3, 0.4) is 0 Å². The Kier molecular flexibility index (Phi) is 6.52. The Morgan fingerprint density at radius 1 is 0.392 bits per heavy atom. The molecular formula is C42H23N3O6. The van der Waals surface area contributed by atoms with Crippen LogP contribution in [-0.2, 0) is 0 Å². The van der Waals surface area contributed by atoms with Crippen molar-refractivity contribution in [3.63, 3.8) is 0 Å². The van der Waals surface area contributed by atoms with Crippen molar-refractivity contribution in [2.24, 2.45) is 9.98 Å². The van der Waals surface area contributed by atoms with E-state index in [1.807, 2.05) is 0 Å². The van der Waals surface area contributed by atoms with Gasteiger partial charge in [-0.25, -0.2) is 9.98 Å². The second-order valence-electron chi connectivity index (χ2n) is 12.3. The molecule has 0 saturated heterocycles. The zero-order chi connectivity index (χ0) is 35.0. The van der Waals surface area contributed by atoms with E-state index in [9.17, 15) is 29.4 Å². The second kappa shape index (κ2) is 11.1. The first-order chi connectivity index (χ1) is 24.8. The molecule has 0 bridgehead atoms. The van der Waals surface area contributed by atoms with Gasteiger partial charge in [-0.1, -0.05) is 72.8 Å². The van der Waals surface area contributed by atoms with Crippen molar-refractivity contribution in [1.82, 2.24) is 4.98 Å². The van der Waals surface area contributed by atoms with Gasteiger partial charge in [0.1, 0.15) is 0 Å². The molecule has 0 radical (unpaired) electrons. The normalized spacial score (nSPS) is 12.6. The number of nitrogens with one attached hydrogen (secondary N) is 1. The minimum atomic E-state index is -0.436. The Bertz CT molecular complexity index is 3020. The van der Waals surface area contributed by atoms with Crippen molar-refractivity contribution in [2.45, 2.75) is 0 Å². The quantitative estimate of drug-likeness (QED) is 0.101. The third kappa shape index (κ3) is 4.42. The smallest absolute Gasteiger partial charge is 0.218 e. The third-order valence-corrected chi connectivity index (χ3v) is 9.44. The van der Waals surface area contributed by atoms with Gasteiger partial charge in [0.05, 0.1) is 44.0 Å². The van der Waals surface area contributed by atoms with Crippen LogP contribution in [0.2, 0.25) is 0 Å². The number of rotatable bonds is 4.